The average molecular weight is 190 g/mol. The number of nitrogens with two attached hydrogens (primary N) is 1. The number of hydrogen-bond acceptors (Lipinski definition) is 2. The zero-order valence-corrected chi connectivity index (χ0v) is 8.74. The molecule has 1 heterocycles. The molecule has 1 atom stereocenters. The van der Waals surface area contributed by atoms with Crippen molar-refractivity contribution in [2.24, 2.45) is 11.7 Å². The zero-order valence-electron chi connectivity index (χ0n) is 8.74. The van der Waals surface area contributed by atoms with Crippen LogP contribution in [0, 0.1) is 5.92 Å². The van der Waals surface area contributed by atoms with Crippen LogP contribution < -0.4 is 5.73 Å². The maximum atomic E-state index is 6.15. The molecule has 2 rings (SSSR count). The van der Waals surface area contributed by atoms with Crippen molar-refractivity contribution in [3.05, 3.63) is 29.6 Å². The first-order valence-electron chi connectivity index (χ1n) is 5.50. The van der Waals surface area contributed by atoms with Crippen molar-refractivity contribution in [2.75, 3.05) is 0 Å². The smallest absolute Gasteiger partial charge is 0.0602 e. The number of hydrogen-bond donors (Lipinski definition) is 1. The van der Waals surface area contributed by atoms with Gasteiger partial charge in [-0.2, -0.15) is 0 Å². The SMILES string of the molecule is CCc1cccnc1[C@@H](N)CC1CC1. The van der Waals surface area contributed by atoms with Crippen LogP contribution in [-0.4, -0.2) is 4.98 Å². The quantitative estimate of drug-likeness (QED) is 0.792. The van der Waals surface area contributed by atoms with Crippen LogP contribution >= 0.6 is 0 Å². The molecule has 2 heteroatoms. The van der Waals surface area contributed by atoms with Crippen molar-refractivity contribution in [1.82, 2.24) is 4.98 Å². The van der Waals surface area contributed by atoms with Gasteiger partial charge in [0.2, 0.25) is 0 Å². The number of pyridine rings is 1. The molecule has 2 N–H and O–H groups in total. The molecule has 2 nitrogen and oxygen atoms in total. The first-order chi connectivity index (χ1) is 6.81. The van der Waals surface area contributed by atoms with Gasteiger partial charge in [0.1, 0.15) is 0 Å². The first kappa shape index (κ1) is 9.66. The summed E-state index contributed by atoms with van der Waals surface area (Å²) in [6, 6.07) is 4.28. The van der Waals surface area contributed by atoms with Crippen LogP contribution in [0.5, 0.6) is 0 Å². The fourth-order valence-electron chi connectivity index (χ4n) is 1.91. The largest absolute Gasteiger partial charge is 0.323 e. The van der Waals surface area contributed by atoms with E-state index in [4.69, 9.17) is 5.73 Å². The van der Waals surface area contributed by atoms with Crippen LogP contribution in [0.2, 0.25) is 0 Å². The third-order valence-corrected chi connectivity index (χ3v) is 2.94. The molecule has 1 saturated carbocycles. The standard InChI is InChI=1S/C12H18N2/c1-2-10-4-3-7-14-12(10)11(13)8-9-5-6-9/h3-4,7,9,11H,2,5-6,8,13H2,1H3/t11-/m0/s1. The van der Waals surface area contributed by atoms with Gasteiger partial charge in [0.25, 0.3) is 0 Å². The molecule has 1 fully saturated rings. The minimum Gasteiger partial charge on any atom is -0.323 e. The Labute approximate surface area is 85.5 Å². The van der Waals surface area contributed by atoms with Gasteiger partial charge in [0.15, 0.2) is 0 Å². The molecule has 1 aromatic heterocycles. The van der Waals surface area contributed by atoms with E-state index in [9.17, 15) is 0 Å². The molecular formula is C12H18N2. The molecule has 1 aliphatic carbocycles. The van der Waals surface area contributed by atoms with Crippen LogP contribution in [0.4, 0.5) is 0 Å². The summed E-state index contributed by atoms with van der Waals surface area (Å²) < 4.78 is 0. The highest BCUT2D eigenvalue weighted by atomic mass is 14.8. The van der Waals surface area contributed by atoms with E-state index >= 15 is 0 Å². The predicted molar refractivity (Wildman–Crippen MR) is 57.9 cm³/mol. The summed E-state index contributed by atoms with van der Waals surface area (Å²) in [7, 11) is 0. The monoisotopic (exact) mass is 190 g/mol. The summed E-state index contributed by atoms with van der Waals surface area (Å²) in [5, 5.41) is 0. The molecule has 1 aromatic rings. The lowest BCUT2D eigenvalue weighted by Gasteiger charge is -2.13. The maximum absolute atomic E-state index is 6.15. The minimum absolute atomic E-state index is 0.152. The molecule has 0 aliphatic heterocycles. The van der Waals surface area contributed by atoms with Crippen molar-refractivity contribution < 1.29 is 0 Å². The Hall–Kier alpha value is -0.890. The van der Waals surface area contributed by atoms with E-state index < -0.39 is 0 Å². The normalized spacial score (nSPS) is 18.1. The summed E-state index contributed by atoms with van der Waals surface area (Å²) in [6.07, 6.45) is 6.72. The van der Waals surface area contributed by atoms with Crippen LogP contribution in [0.15, 0.2) is 18.3 Å². The van der Waals surface area contributed by atoms with Crippen LogP contribution in [0.1, 0.15) is 43.5 Å². The van der Waals surface area contributed by atoms with Gasteiger partial charge in [-0.25, -0.2) is 0 Å². The van der Waals surface area contributed by atoms with E-state index in [2.05, 4.69) is 18.0 Å². The average Bonchev–Trinajstić information content (AvgIpc) is 3.01. The molecule has 76 valence electrons. The second kappa shape index (κ2) is 4.09. The van der Waals surface area contributed by atoms with E-state index in [0.29, 0.717) is 0 Å². The highest BCUT2D eigenvalue weighted by Gasteiger charge is 2.25. The van der Waals surface area contributed by atoms with Gasteiger partial charge in [-0.1, -0.05) is 25.8 Å². The second-order valence-electron chi connectivity index (χ2n) is 4.19. The second-order valence-corrected chi connectivity index (χ2v) is 4.19. The van der Waals surface area contributed by atoms with Crippen LogP contribution in [0.3, 0.4) is 0 Å². The molecule has 0 spiro atoms. The van der Waals surface area contributed by atoms with Gasteiger partial charge in [-0.05, 0) is 30.4 Å². The van der Waals surface area contributed by atoms with Gasteiger partial charge in [-0.3, -0.25) is 4.98 Å². The molecular weight excluding hydrogens is 172 g/mol. The Kier molecular flexibility index (Phi) is 2.82. The number of rotatable bonds is 4. The maximum Gasteiger partial charge on any atom is 0.0602 e. The topological polar surface area (TPSA) is 38.9 Å². The van der Waals surface area contributed by atoms with Gasteiger partial charge < -0.3 is 5.73 Å². The summed E-state index contributed by atoms with van der Waals surface area (Å²) in [6.45, 7) is 2.16. The molecule has 0 unspecified atom stereocenters. The summed E-state index contributed by atoms with van der Waals surface area (Å²) in [5.41, 5.74) is 8.57. The van der Waals surface area contributed by atoms with Crippen molar-refractivity contribution in [1.29, 1.82) is 0 Å². The molecule has 1 aliphatic rings. The van der Waals surface area contributed by atoms with Crippen molar-refractivity contribution in [2.45, 2.75) is 38.6 Å². The van der Waals surface area contributed by atoms with Crippen molar-refractivity contribution in [3.8, 4) is 0 Å². The van der Waals surface area contributed by atoms with Gasteiger partial charge >= 0.3 is 0 Å². The Morgan fingerprint density at radius 2 is 2.36 bits per heavy atom. The number of aryl methyl sites for hydroxylation is 1. The van der Waals surface area contributed by atoms with E-state index in [0.717, 1.165) is 24.5 Å². The highest BCUT2D eigenvalue weighted by molar-refractivity contribution is 5.22. The predicted octanol–water partition coefficient (Wildman–Crippen LogP) is 2.44. The van der Waals surface area contributed by atoms with Crippen LogP contribution in [0.25, 0.3) is 0 Å². The highest BCUT2D eigenvalue weighted by Crippen LogP contribution is 2.36. The van der Waals surface area contributed by atoms with E-state index in [1.807, 2.05) is 12.3 Å². The summed E-state index contributed by atoms with van der Waals surface area (Å²) in [4.78, 5) is 4.41. The fourth-order valence-corrected chi connectivity index (χ4v) is 1.91. The Bertz CT molecular complexity index is 305. The fraction of sp³-hybridized carbons (Fsp3) is 0.583. The summed E-state index contributed by atoms with van der Waals surface area (Å²) in [5.74, 6) is 0.872. The molecule has 0 bridgehead atoms. The van der Waals surface area contributed by atoms with E-state index in [1.165, 1.54) is 18.4 Å². The zero-order chi connectivity index (χ0) is 9.97. The van der Waals surface area contributed by atoms with Crippen LogP contribution in [-0.2, 0) is 6.42 Å². The lowest BCUT2D eigenvalue weighted by Crippen LogP contribution is -2.14. The summed E-state index contributed by atoms with van der Waals surface area (Å²) >= 11 is 0. The van der Waals surface area contributed by atoms with Crippen molar-refractivity contribution in [3.63, 3.8) is 0 Å². The lowest BCUT2D eigenvalue weighted by atomic mass is 10.0. The molecule has 0 aromatic carbocycles. The van der Waals surface area contributed by atoms with E-state index in [1.54, 1.807) is 0 Å². The molecule has 0 radical (unpaired) electrons. The lowest BCUT2D eigenvalue weighted by molar-refractivity contribution is 0.578. The van der Waals surface area contributed by atoms with E-state index in [-0.39, 0.29) is 6.04 Å². The van der Waals surface area contributed by atoms with Gasteiger partial charge in [0.05, 0.1) is 5.69 Å². The van der Waals surface area contributed by atoms with Gasteiger partial charge in [-0.15, -0.1) is 0 Å². The number of aromatic nitrogens is 1. The number of nitrogens with zero attached hydrogens (tertiary/aromatic N) is 1. The minimum atomic E-state index is 0.152. The molecule has 0 amide bonds. The van der Waals surface area contributed by atoms with Gasteiger partial charge in [0, 0.05) is 12.2 Å². The van der Waals surface area contributed by atoms with Crippen molar-refractivity contribution >= 4 is 0 Å². The Morgan fingerprint density at radius 3 is 3.00 bits per heavy atom. The Balaban J connectivity index is 2.11. The molecule has 0 saturated heterocycles. The third-order valence-electron chi connectivity index (χ3n) is 2.94. The Morgan fingerprint density at radius 1 is 1.57 bits per heavy atom. The third kappa shape index (κ3) is 2.13. The molecule has 14 heavy (non-hydrogen) atoms. The first-order valence-corrected chi connectivity index (χ1v) is 5.50.